The number of aromatic nitrogens is 1. The second kappa shape index (κ2) is 9.97. The summed E-state index contributed by atoms with van der Waals surface area (Å²) in [7, 11) is 3.15. The SMILES string of the molecule is COc1ccc(OC)c(-c2cc(CN(Cc3ccc(F)cc3)C(=O)NC(C)C)no2)c1. The van der Waals surface area contributed by atoms with Gasteiger partial charge in [-0.2, -0.15) is 0 Å². The molecule has 2 aromatic carbocycles. The lowest BCUT2D eigenvalue weighted by molar-refractivity contribution is 0.188. The van der Waals surface area contributed by atoms with Crippen molar-refractivity contribution < 1.29 is 23.2 Å². The second-order valence-corrected chi connectivity index (χ2v) is 7.34. The first kappa shape index (κ1) is 22.1. The first-order valence-electron chi connectivity index (χ1n) is 9.87. The molecule has 0 fully saturated rings. The summed E-state index contributed by atoms with van der Waals surface area (Å²) in [4.78, 5) is 14.3. The molecule has 31 heavy (non-hydrogen) atoms. The van der Waals surface area contributed by atoms with Gasteiger partial charge < -0.3 is 24.2 Å². The van der Waals surface area contributed by atoms with Crippen molar-refractivity contribution in [3.63, 3.8) is 0 Å². The number of halogens is 1. The number of amides is 2. The minimum Gasteiger partial charge on any atom is -0.497 e. The molecule has 0 spiro atoms. The predicted octanol–water partition coefficient (Wildman–Crippen LogP) is 4.62. The van der Waals surface area contributed by atoms with Crippen LogP contribution in [-0.2, 0) is 13.1 Å². The quantitative estimate of drug-likeness (QED) is 0.568. The number of hydrogen-bond acceptors (Lipinski definition) is 5. The summed E-state index contributed by atoms with van der Waals surface area (Å²) < 4.78 is 29.5. The lowest BCUT2D eigenvalue weighted by Gasteiger charge is -2.23. The minimum atomic E-state index is -0.324. The summed E-state index contributed by atoms with van der Waals surface area (Å²) in [5.41, 5.74) is 2.07. The van der Waals surface area contributed by atoms with E-state index in [9.17, 15) is 9.18 Å². The highest BCUT2D eigenvalue weighted by Gasteiger charge is 2.19. The number of rotatable bonds is 8. The van der Waals surface area contributed by atoms with Crippen LogP contribution in [0.5, 0.6) is 11.5 Å². The molecule has 1 N–H and O–H groups in total. The standard InChI is InChI=1S/C23H26FN3O4/c1-15(2)25-23(28)27(13-16-5-7-17(24)8-6-16)14-18-11-22(31-26-18)20-12-19(29-3)9-10-21(20)30-4/h5-12,15H,13-14H2,1-4H3,(H,25,28). The van der Waals surface area contributed by atoms with E-state index in [1.165, 1.54) is 12.1 Å². The molecule has 0 saturated carbocycles. The van der Waals surface area contributed by atoms with Gasteiger partial charge in [0.1, 0.15) is 23.0 Å². The number of hydrogen-bond donors (Lipinski definition) is 1. The van der Waals surface area contributed by atoms with E-state index in [0.717, 1.165) is 5.56 Å². The van der Waals surface area contributed by atoms with E-state index in [1.54, 1.807) is 55.5 Å². The average Bonchev–Trinajstić information content (AvgIpc) is 3.22. The van der Waals surface area contributed by atoms with Gasteiger partial charge in [-0.25, -0.2) is 9.18 Å². The summed E-state index contributed by atoms with van der Waals surface area (Å²) in [6.07, 6.45) is 0. The summed E-state index contributed by atoms with van der Waals surface area (Å²) in [5, 5.41) is 7.01. The van der Waals surface area contributed by atoms with Gasteiger partial charge in [0, 0.05) is 18.7 Å². The van der Waals surface area contributed by atoms with Crippen LogP contribution < -0.4 is 14.8 Å². The summed E-state index contributed by atoms with van der Waals surface area (Å²) >= 11 is 0. The minimum absolute atomic E-state index is 0.0304. The van der Waals surface area contributed by atoms with Gasteiger partial charge in [-0.15, -0.1) is 0 Å². The molecule has 0 radical (unpaired) electrons. The topological polar surface area (TPSA) is 76.8 Å². The van der Waals surface area contributed by atoms with Crippen LogP contribution in [0.1, 0.15) is 25.1 Å². The van der Waals surface area contributed by atoms with Crippen LogP contribution in [0.3, 0.4) is 0 Å². The van der Waals surface area contributed by atoms with Gasteiger partial charge in [-0.05, 0) is 49.7 Å². The number of urea groups is 1. The molecular weight excluding hydrogens is 401 g/mol. The molecular formula is C23H26FN3O4. The van der Waals surface area contributed by atoms with E-state index in [1.807, 2.05) is 13.8 Å². The van der Waals surface area contributed by atoms with Crippen molar-refractivity contribution >= 4 is 6.03 Å². The van der Waals surface area contributed by atoms with Crippen LogP contribution in [0.25, 0.3) is 11.3 Å². The third kappa shape index (κ3) is 5.75. The number of benzene rings is 2. The number of methoxy groups -OCH3 is 2. The Hall–Kier alpha value is -3.55. The molecule has 164 valence electrons. The fraction of sp³-hybridized carbons (Fsp3) is 0.304. The smallest absolute Gasteiger partial charge is 0.318 e. The fourth-order valence-corrected chi connectivity index (χ4v) is 3.06. The molecule has 7 nitrogen and oxygen atoms in total. The summed E-state index contributed by atoms with van der Waals surface area (Å²) in [5.74, 6) is 1.44. The maximum absolute atomic E-state index is 13.2. The van der Waals surface area contributed by atoms with Crippen molar-refractivity contribution in [3.8, 4) is 22.8 Å². The lowest BCUT2D eigenvalue weighted by atomic mass is 10.1. The monoisotopic (exact) mass is 427 g/mol. The number of nitrogens with one attached hydrogen (secondary N) is 1. The predicted molar refractivity (Wildman–Crippen MR) is 114 cm³/mol. The highest BCUT2D eigenvalue weighted by atomic mass is 19.1. The number of ether oxygens (including phenoxy) is 2. The molecule has 2 amide bonds. The van der Waals surface area contributed by atoms with Crippen molar-refractivity contribution in [2.24, 2.45) is 0 Å². The Bertz CT molecular complexity index is 1020. The van der Waals surface area contributed by atoms with Gasteiger partial charge in [0.25, 0.3) is 0 Å². The zero-order chi connectivity index (χ0) is 22.4. The number of carbonyl (C=O) groups is 1. The molecule has 1 heterocycles. The second-order valence-electron chi connectivity index (χ2n) is 7.34. The molecule has 0 unspecified atom stereocenters. The largest absolute Gasteiger partial charge is 0.497 e. The van der Waals surface area contributed by atoms with Crippen LogP contribution in [0.15, 0.2) is 53.1 Å². The van der Waals surface area contributed by atoms with Crippen molar-refractivity contribution in [3.05, 3.63) is 65.6 Å². The Labute approximate surface area is 180 Å². The van der Waals surface area contributed by atoms with Crippen molar-refractivity contribution in [1.82, 2.24) is 15.4 Å². The van der Waals surface area contributed by atoms with E-state index in [2.05, 4.69) is 10.5 Å². The molecule has 0 aliphatic rings. The molecule has 1 aromatic heterocycles. The Morgan fingerprint density at radius 3 is 2.48 bits per heavy atom. The molecule has 3 rings (SSSR count). The van der Waals surface area contributed by atoms with Gasteiger partial charge >= 0.3 is 6.03 Å². The molecule has 3 aromatic rings. The van der Waals surface area contributed by atoms with Crippen LogP contribution in [0, 0.1) is 5.82 Å². The van der Waals surface area contributed by atoms with E-state index in [-0.39, 0.29) is 24.4 Å². The lowest BCUT2D eigenvalue weighted by Crippen LogP contribution is -2.42. The zero-order valence-corrected chi connectivity index (χ0v) is 18.0. The Morgan fingerprint density at radius 1 is 1.10 bits per heavy atom. The molecule has 0 aliphatic heterocycles. The van der Waals surface area contributed by atoms with Gasteiger partial charge in [0.2, 0.25) is 0 Å². The Kier molecular flexibility index (Phi) is 7.12. The third-order valence-electron chi connectivity index (χ3n) is 4.57. The number of carbonyl (C=O) groups excluding carboxylic acids is 1. The first-order valence-corrected chi connectivity index (χ1v) is 9.87. The van der Waals surface area contributed by atoms with E-state index < -0.39 is 0 Å². The first-order chi connectivity index (χ1) is 14.9. The van der Waals surface area contributed by atoms with Crippen molar-refractivity contribution in [2.45, 2.75) is 33.0 Å². The zero-order valence-electron chi connectivity index (χ0n) is 18.0. The highest BCUT2D eigenvalue weighted by Crippen LogP contribution is 2.34. The van der Waals surface area contributed by atoms with Gasteiger partial charge in [0.05, 0.1) is 26.3 Å². The molecule has 0 aliphatic carbocycles. The molecule has 0 bridgehead atoms. The van der Waals surface area contributed by atoms with Crippen LogP contribution in [0.4, 0.5) is 9.18 Å². The Morgan fingerprint density at radius 2 is 1.84 bits per heavy atom. The molecule has 8 heteroatoms. The van der Waals surface area contributed by atoms with E-state index in [4.69, 9.17) is 14.0 Å². The maximum atomic E-state index is 13.2. The van der Waals surface area contributed by atoms with Crippen LogP contribution in [0.2, 0.25) is 0 Å². The average molecular weight is 427 g/mol. The summed E-state index contributed by atoms with van der Waals surface area (Å²) in [6.45, 7) is 4.28. The maximum Gasteiger partial charge on any atom is 0.318 e. The van der Waals surface area contributed by atoms with Crippen LogP contribution in [-0.4, -0.2) is 36.3 Å². The van der Waals surface area contributed by atoms with E-state index >= 15 is 0 Å². The highest BCUT2D eigenvalue weighted by molar-refractivity contribution is 5.74. The number of nitrogens with zero attached hydrogens (tertiary/aromatic N) is 2. The molecule has 0 saturated heterocycles. The van der Waals surface area contributed by atoms with Crippen molar-refractivity contribution in [1.29, 1.82) is 0 Å². The molecule has 0 atom stereocenters. The summed E-state index contributed by atoms with van der Waals surface area (Å²) in [6, 6.07) is 12.9. The van der Waals surface area contributed by atoms with Crippen molar-refractivity contribution in [2.75, 3.05) is 14.2 Å². The van der Waals surface area contributed by atoms with Crippen LogP contribution >= 0.6 is 0 Å². The third-order valence-corrected chi connectivity index (χ3v) is 4.57. The normalized spacial score (nSPS) is 10.8. The van der Waals surface area contributed by atoms with Gasteiger partial charge in [-0.3, -0.25) is 0 Å². The fourth-order valence-electron chi connectivity index (χ4n) is 3.06. The van der Waals surface area contributed by atoms with E-state index in [0.29, 0.717) is 35.1 Å². The van der Waals surface area contributed by atoms with Gasteiger partial charge in [0.15, 0.2) is 5.76 Å². The van der Waals surface area contributed by atoms with Gasteiger partial charge in [-0.1, -0.05) is 17.3 Å². The Balaban J connectivity index is 1.84.